The minimum Gasteiger partial charge on any atom is -0.356 e. The van der Waals surface area contributed by atoms with E-state index in [-0.39, 0.29) is 5.41 Å². The highest BCUT2D eigenvalue weighted by Gasteiger charge is 2.29. The topological polar surface area (TPSA) is 41.1 Å². The molecule has 1 rings (SSSR count). The molecule has 0 atom stereocenters. The molecule has 1 heterocycles. The normalized spacial score (nSPS) is 20.0. The number of rotatable bonds is 4. The highest BCUT2D eigenvalue weighted by atomic mass is 19.4. The number of amides is 1. The van der Waals surface area contributed by atoms with Gasteiger partial charge in [0.05, 0.1) is 6.42 Å². The largest absolute Gasteiger partial charge is 0.389 e. The van der Waals surface area contributed by atoms with Gasteiger partial charge in [-0.1, -0.05) is 6.92 Å². The van der Waals surface area contributed by atoms with E-state index in [1.165, 1.54) is 0 Å². The molecule has 1 saturated heterocycles. The summed E-state index contributed by atoms with van der Waals surface area (Å²) in [6, 6.07) is 0. The Morgan fingerprint density at radius 2 is 1.94 bits per heavy atom. The molecule has 0 aromatic carbocycles. The van der Waals surface area contributed by atoms with Crippen molar-refractivity contribution in [1.82, 2.24) is 10.6 Å². The fourth-order valence-electron chi connectivity index (χ4n) is 1.86. The van der Waals surface area contributed by atoms with E-state index in [1.807, 2.05) is 0 Å². The number of carbonyl (C=O) groups is 1. The minimum absolute atomic E-state index is 0.0130. The van der Waals surface area contributed by atoms with E-state index in [4.69, 9.17) is 0 Å². The van der Waals surface area contributed by atoms with E-state index in [2.05, 4.69) is 17.6 Å². The zero-order valence-electron chi connectivity index (χ0n) is 9.99. The van der Waals surface area contributed by atoms with E-state index >= 15 is 0 Å². The molecule has 0 radical (unpaired) electrons. The van der Waals surface area contributed by atoms with Crippen molar-refractivity contribution in [2.24, 2.45) is 5.41 Å². The van der Waals surface area contributed by atoms with Crippen molar-refractivity contribution in [3.05, 3.63) is 0 Å². The zero-order valence-corrected chi connectivity index (χ0v) is 9.99. The molecule has 3 nitrogen and oxygen atoms in total. The lowest BCUT2D eigenvalue weighted by atomic mass is 9.81. The van der Waals surface area contributed by atoms with Crippen LogP contribution in [0.1, 0.15) is 32.6 Å². The summed E-state index contributed by atoms with van der Waals surface area (Å²) in [5.74, 6) is -0.512. The van der Waals surface area contributed by atoms with Gasteiger partial charge in [-0.05, 0) is 31.3 Å². The summed E-state index contributed by atoms with van der Waals surface area (Å²) >= 11 is 0. The van der Waals surface area contributed by atoms with Crippen LogP contribution in [0.3, 0.4) is 0 Å². The Labute approximate surface area is 99.1 Å². The Bertz CT molecular complexity index is 260. The Morgan fingerprint density at radius 3 is 2.47 bits per heavy atom. The lowest BCUT2D eigenvalue weighted by Crippen LogP contribution is -2.43. The Balaban J connectivity index is 2.23. The van der Waals surface area contributed by atoms with Crippen LogP contribution in [0.15, 0.2) is 0 Å². The summed E-state index contributed by atoms with van der Waals surface area (Å²) in [6.07, 6.45) is -3.90. The van der Waals surface area contributed by atoms with Crippen LogP contribution in [0.25, 0.3) is 0 Å². The third-order valence-electron chi connectivity index (χ3n) is 3.16. The van der Waals surface area contributed by atoms with E-state index in [1.54, 1.807) is 0 Å². The first-order chi connectivity index (χ1) is 7.81. The fourth-order valence-corrected chi connectivity index (χ4v) is 1.86. The van der Waals surface area contributed by atoms with Crippen LogP contribution >= 0.6 is 0 Å². The van der Waals surface area contributed by atoms with Crippen molar-refractivity contribution in [1.29, 1.82) is 0 Å². The molecule has 0 saturated carbocycles. The van der Waals surface area contributed by atoms with E-state index < -0.39 is 24.9 Å². The average molecular weight is 252 g/mol. The van der Waals surface area contributed by atoms with Crippen LogP contribution in [-0.4, -0.2) is 31.7 Å². The molecular weight excluding hydrogens is 233 g/mol. The predicted molar refractivity (Wildman–Crippen MR) is 58.5 cm³/mol. The smallest absolute Gasteiger partial charge is 0.356 e. The van der Waals surface area contributed by atoms with Gasteiger partial charge in [0.1, 0.15) is 0 Å². The maximum absolute atomic E-state index is 11.9. The minimum atomic E-state index is -4.25. The second-order valence-corrected chi connectivity index (χ2v) is 4.95. The number of alkyl halides is 3. The quantitative estimate of drug-likeness (QED) is 0.801. The van der Waals surface area contributed by atoms with E-state index in [0.29, 0.717) is 6.54 Å². The maximum Gasteiger partial charge on any atom is 0.389 e. The number of halogens is 3. The fraction of sp³-hybridized carbons (Fsp3) is 0.909. The van der Waals surface area contributed by atoms with Crippen molar-refractivity contribution in [3.8, 4) is 0 Å². The van der Waals surface area contributed by atoms with Crippen LogP contribution in [-0.2, 0) is 4.79 Å². The molecule has 1 fully saturated rings. The van der Waals surface area contributed by atoms with Gasteiger partial charge in [-0.15, -0.1) is 0 Å². The van der Waals surface area contributed by atoms with Crippen molar-refractivity contribution >= 4 is 5.91 Å². The molecule has 0 spiro atoms. The first kappa shape index (κ1) is 14.3. The van der Waals surface area contributed by atoms with Crippen LogP contribution in [0.2, 0.25) is 0 Å². The maximum atomic E-state index is 11.9. The molecular formula is C11H19F3N2O. The lowest BCUT2D eigenvalue weighted by Gasteiger charge is -2.34. The highest BCUT2D eigenvalue weighted by Crippen LogP contribution is 2.27. The van der Waals surface area contributed by atoms with Crippen LogP contribution < -0.4 is 10.6 Å². The number of nitrogens with one attached hydrogen (secondary N) is 2. The average Bonchev–Trinajstić information content (AvgIpc) is 2.24. The summed E-state index contributed by atoms with van der Waals surface area (Å²) in [4.78, 5) is 11.2. The summed E-state index contributed by atoms with van der Waals surface area (Å²) in [6.45, 7) is 4.31. The van der Waals surface area contributed by atoms with Crippen molar-refractivity contribution in [3.63, 3.8) is 0 Å². The number of hydrogen-bond acceptors (Lipinski definition) is 2. The second-order valence-electron chi connectivity index (χ2n) is 4.95. The predicted octanol–water partition coefficient (Wildman–Crippen LogP) is 1.83. The molecule has 1 amide bonds. The summed E-state index contributed by atoms with van der Waals surface area (Å²) in [7, 11) is 0. The van der Waals surface area contributed by atoms with Crippen molar-refractivity contribution < 1.29 is 18.0 Å². The van der Waals surface area contributed by atoms with Gasteiger partial charge in [0.25, 0.3) is 0 Å². The molecule has 2 N–H and O–H groups in total. The summed E-state index contributed by atoms with van der Waals surface area (Å²) in [5.41, 5.74) is 0.0130. The first-order valence-electron chi connectivity index (χ1n) is 5.85. The Morgan fingerprint density at radius 1 is 1.35 bits per heavy atom. The molecule has 17 heavy (non-hydrogen) atoms. The highest BCUT2D eigenvalue weighted by molar-refractivity contribution is 5.75. The van der Waals surface area contributed by atoms with Crippen LogP contribution in [0.5, 0.6) is 0 Å². The number of hydrogen-bond donors (Lipinski definition) is 2. The summed E-state index contributed by atoms with van der Waals surface area (Å²) in [5, 5.41) is 5.81. The van der Waals surface area contributed by atoms with Gasteiger partial charge in [-0.3, -0.25) is 4.79 Å². The van der Waals surface area contributed by atoms with Gasteiger partial charge in [0.15, 0.2) is 0 Å². The molecule has 1 aliphatic rings. The van der Waals surface area contributed by atoms with Crippen LogP contribution in [0.4, 0.5) is 13.2 Å². The third kappa shape index (κ3) is 5.91. The van der Waals surface area contributed by atoms with E-state index in [9.17, 15) is 18.0 Å². The first-order valence-corrected chi connectivity index (χ1v) is 5.85. The Hall–Kier alpha value is -0.780. The number of piperidine rings is 1. The van der Waals surface area contributed by atoms with Crippen molar-refractivity contribution in [2.45, 2.75) is 38.8 Å². The second kappa shape index (κ2) is 5.71. The molecule has 0 aliphatic carbocycles. The monoisotopic (exact) mass is 252 g/mol. The molecule has 1 aliphatic heterocycles. The van der Waals surface area contributed by atoms with E-state index in [0.717, 1.165) is 25.9 Å². The van der Waals surface area contributed by atoms with Gasteiger partial charge < -0.3 is 10.6 Å². The SMILES string of the molecule is CC1(CNC(=O)CCC(F)(F)F)CCNCC1. The third-order valence-corrected chi connectivity index (χ3v) is 3.16. The molecule has 0 aromatic heterocycles. The summed E-state index contributed by atoms with van der Waals surface area (Å²) < 4.78 is 35.7. The Kier molecular flexibility index (Phi) is 4.80. The molecule has 0 bridgehead atoms. The zero-order chi connectivity index (χ0) is 12.9. The lowest BCUT2D eigenvalue weighted by molar-refractivity contribution is -0.144. The van der Waals surface area contributed by atoms with Gasteiger partial charge in [-0.2, -0.15) is 13.2 Å². The van der Waals surface area contributed by atoms with Gasteiger partial charge in [-0.25, -0.2) is 0 Å². The standard InChI is InChI=1S/C11H19F3N2O/c1-10(4-6-15-7-5-10)8-16-9(17)2-3-11(12,13)14/h15H,2-8H2,1H3,(H,16,17). The molecule has 0 unspecified atom stereocenters. The molecule has 0 aromatic rings. The number of carbonyl (C=O) groups excluding carboxylic acids is 1. The van der Waals surface area contributed by atoms with Crippen molar-refractivity contribution in [2.75, 3.05) is 19.6 Å². The molecule has 100 valence electrons. The molecule has 6 heteroatoms. The van der Waals surface area contributed by atoms with Gasteiger partial charge in [0.2, 0.25) is 5.91 Å². The van der Waals surface area contributed by atoms with Gasteiger partial charge in [0, 0.05) is 13.0 Å². The van der Waals surface area contributed by atoms with Gasteiger partial charge >= 0.3 is 6.18 Å². The van der Waals surface area contributed by atoms with Crippen LogP contribution in [0, 0.1) is 5.41 Å².